The Morgan fingerprint density at radius 1 is 1.37 bits per heavy atom. The molecular weight excluding hydrogens is 238 g/mol. The second-order valence-corrected chi connectivity index (χ2v) is 5.40. The van der Waals surface area contributed by atoms with Crippen molar-refractivity contribution in [3.8, 4) is 0 Å². The predicted molar refractivity (Wildman–Crippen MR) is 76.9 cm³/mol. The molecule has 2 rings (SSSR count). The molecule has 0 aromatic heterocycles. The van der Waals surface area contributed by atoms with Gasteiger partial charge in [-0.2, -0.15) is 0 Å². The Labute approximate surface area is 115 Å². The topological polar surface area (TPSA) is 49.6 Å². The van der Waals surface area contributed by atoms with Crippen LogP contribution in [0.1, 0.15) is 30.5 Å². The Balaban J connectivity index is 2.16. The highest BCUT2D eigenvalue weighted by molar-refractivity contribution is 5.77. The van der Waals surface area contributed by atoms with Crippen LogP contribution in [0.2, 0.25) is 0 Å². The molecule has 0 aliphatic carbocycles. The van der Waals surface area contributed by atoms with E-state index in [2.05, 4.69) is 38.1 Å². The first-order valence-corrected chi connectivity index (χ1v) is 6.84. The van der Waals surface area contributed by atoms with E-state index in [1.165, 1.54) is 11.1 Å². The number of nitrogens with two attached hydrogens (primary N) is 1. The molecule has 1 aromatic carbocycles. The monoisotopic (exact) mass is 261 g/mol. The van der Waals surface area contributed by atoms with Crippen LogP contribution in [0, 0.1) is 6.92 Å². The van der Waals surface area contributed by atoms with Crippen LogP contribution < -0.4 is 5.73 Å². The van der Waals surface area contributed by atoms with Crippen molar-refractivity contribution in [3.05, 3.63) is 35.4 Å². The van der Waals surface area contributed by atoms with E-state index in [1.54, 1.807) is 0 Å². The number of benzene rings is 1. The molecule has 104 valence electrons. The van der Waals surface area contributed by atoms with Crippen LogP contribution in [0.4, 0.5) is 4.79 Å². The van der Waals surface area contributed by atoms with Crippen LogP contribution in [0.15, 0.2) is 24.3 Å². The summed E-state index contributed by atoms with van der Waals surface area (Å²) in [5, 5.41) is 0. The zero-order valence-corrected chi connectivity index (χ0v) is 12.0. The van der Waals surface area contributed by atoms with Gasteiger partial charge in [0.1, 0.15) is 0 Å². The summed E-state index contributed by atoms with van der Waals surface area (Å²) in [6.07, 6.45) is 0.847. The third kappa shape index (κ3) is 2.73. The molecule has 0 saturated carbocycles. The van der Waals surface area contributed by atoms with Crippen LogP contribution in [0.3, 0.4) is 0 Å². The summed E-state index contributed by atoms with van der Waals surface area (Å²) in [4.78, 5) is 16.0. The SMILES string of the molecule is Cc1ccc(C2CN(C(C)CCN)C(=O)N2C)cc1. The lowest BCUT2D eigenvalue weighted by atomic mass is 10.0. The van der Waals surface area contributed by atoms with Crippen molar-refractivity contribution < 1.29 is 4.79 Å². The summed E-state index contributed by atoms with van der Waals surface area (Å²) >= 11 is 0. The van der Waals surface area contributed by atoms with E-state index in [-0.39, 0.29) is 18.1 Å². The summed E-state index contributed by atoms with van der Waals surface area (Å²) in [6, 6.07) is 8.87. The Kier molecular flexibility index (Phi) is 4.10. The largest absolute Gasteiger partial charge is 0.330 e. The molecule has 19 heavy (non-hydrogen) atoms. The Morgan fingerprint density at radius 3 is 2.58 bits per heavy atom. The first kappa shape index (κ1) is 13.9. The van der Waals surface area contributed by atoms with Gasteiger partial charge in [0.2, 0.25) is 0 Å². The molecule has 1 aromatic rings. The van der Waals surface area contributed by atoms with E-state index in [9.17, 15) is 4.79 Å². The van der Waals surface area contributed by atoms with Gasteiger partial charge in [0.05, 0.1) is 6.04 Å². The van der Waals surface area contributed by atoms with Crippen molar-refractivity contribution in [3.63, 3.8) is 0 Å². The third-order valence-corrected chi connectivity index (χ3v) is 3.96. The lowest BCUT2D eigenvalue weighted by Gasteiger charge is -2.23. The van der Waals surface area contributed by atoms with Gasteiger partial charge in [-0.3, -0.25) is 0 Å². The van der Waals surface area contributed by atoms with Crippen molar-refractivity contribution in [1.82, 2.24) is 9.80 Å². The zero-order chi connectivity index (χ0) is 14.0. The van der Waals surface area contributed by atoms with E-state index in [0.29, 0.717) is 6.54 Å². The number of carbonyl (C=O) groups excluding carboxylic acids is 1. The molecule has 2 N–H and O–H groups in total. The van der Waals surface area contributed by atoms with Gasteiger partial charge in [-0.05, 0) is 32.4 Å². The Hall–Kier alpha value is -1.55. The van der Waals surface area contributed by atoms with Crippen molar-refractivity contribution in [1.29, 1.82) is 0 Å². The number of nitrogens with zero attached hydrogens (tertiary/aromatic N) is 2. The number of hydrogen-bond donors (Lipinski definition) is 1. The van der Waals surface area contributed by atoms with Crippen molar-refractivity contribution in [2.45, 2.75) is 32.4 Å². The molecular formula is C15H23N3O. The van der Waals surface area contributed by atoms with E-state index >= 15 is 0 Å². The van der Waals surface area contributed by atoms with E-state index < -0.39 is 0 Å². The fraction of sp³-hybridized carbons (Fsp3) is 0.533. The second-order valence-electron chi connectivity index (χ2n) is 5.40. The van der Waals surface area contributed by atoms with Gasteiger partial charge >= 0.3 is 6.03 Å². The molecule has 2 unspecified atom stereocenters. The zero-order valence-electron chi connectivity index (χ0n) is 12.0. The molecule has 0 radical (unpaired) electrons. The van der Waals surface area contributed by atoms with Gasteiger partial charge in [-0.15, -0.1) is 0 Å². The molecule has 1 saturated heterocycles. The molecule has 1 fully saturated rings. The number of urea groups is 1. The van der Waals surface area contributed by atoms with Crippen LogP contribution in [0.25, 0.3) is 0 Å². The Morgan fingerprint density at radius 2 is 2.00 bits per heavy atom. The van der Waals surface area contributed by atoms with E-state index in [4.69, 9.17) is 5.73 Å². The third-order valence-electron chi connectivity index (χ3n) is 3.96. The Bertz CT molecular complexity index is 443. The predicted octanol–water partition coefficient (Wildman–Crippen LogP) is 2.14. The number of rotatable bonds is 4. The highest BCUT2D eigenvalue weighted by Gasteiger charge is 2.37. The number of hydrogen-bond acceptors (Lipinski definition) is 2. The lowest BCUT2D eigenvalue weighted by Crippen LogP contribution is -2.37. The summed E-state index contributed by atoms with van der Waals surface area (Å²) in [7, 11) is 1.88. The highest BCUT2D eigenvalue weighted by atomic mass is 16.2. The van der Waals surface area contributed by atoms with Crippen LogP contribution in [0.5, 0.6) is 0 Å². The quantitative estimate of drug-likeness (QED) is 0.902. The lowest BCUT2D eigenvalue weighted by molar-refractivity contribution is 0.182. The van der Waals surface area contributed by atoms with Gasteiger partial charge < -0.3 is 15.5 Å². The average molecular weight is 261 g/mol. The summed E-state index contributed by atoms with van der Waals surface area (Å²) < 4.78 is 0. The minimum Gasteiger partial charge on any atom is -0.330 e. The van der Waals surface area contributed by atoms with Gasteiger partial charge in [0, 0.05) is 19.6 Å². The molecule has 2 amide bonds. The van der Waals surface area contributed by atoms with Gasteiger partial charge in [-0.25, -0.2) is 4.79 Å². The summed E-state index contributed by atoms with van der Waals surface area (Å²) in [5.74, 6) is 0. The summed E-state index contributed by atoms with van der Waals surface area (Å²) in [5.41, 5.74) is 8.03. The minimum atomic E-state index is 0.103. The minimum absolute atomic E-state index is 0.103. The first-order valence-electron chi connectivity index (χ1n) is 6.84. The standard InChI is InChI=1S/C15H23N3O/c1-11-4-6-13(7-5-11)14-10-18(12(2)8-9-16)15(19)17(14)3/h4-7,12,14H,8-10,16H2,1-3H3. The van der Waals surface area contributed by atoms with Crippen molar-refractivity contribution in [2.75, 3.05) is 20.1 Å². The van der Waals surface area contributed by atoms with Crippen molar-refractivity contribution >= 4 is 6.03 Å². The van der Waals surface area contributed by atoms with Gasteiger partial charge in [-0.1, -0.05) is 29.8 Å². The molecule has 1 aliphatic heterocycles. The molecule has 0 bridgehead atoms. The van der Waals surface area contributed by atoms with Crippen LogP contribution in [-0.4, -0.2) is 42.0 Å². The van der Waals surface area contributed by atoms with Crippen LogP contribution in [-0.2, 0) is 0 Å². The van der Waals surface area contributed by atoms with E-state index in [0.717, 1.165) is 13.0 Å². The molecule has 4 nitrogen and oxygen atoms in total. The average Bonchev–Trinajstić information content (AvgIpc) is 2.68. The molecule has 2 atom stereocenters. The van der Waals surface area contributed by atoms with Crippen LogP contribution >= 0.6 is 0 Å². The molecule has 1 heterocycles. The maximum atomic E-state index is 12.3. The smallest absolute Gasteiger partial charge is 0.320 e. The van der Waals surface area contributed by atoms with Crippen molar-refractivity contribution in [2.24, 2.45) is 5.73 Å². The van der Waals surface area contributed by atoms with Gasteiger partial charge in [0.25, 0.3) is 0 Å². The highest BCUT2D eigenvalue weighted by Crippen LogP contribution is 2.29. The first-order chi connectivity index (χ1) is 9.04. The fourth-order valence-corrected chi connectivity index (χ4v) is 2.61. The maximum absolute atomic E-state index is 12.3. The number of aryl methyl sites for hydroxylation is 1. The fourth-order valence-electron chi connectivity index (χ4n) is 2.61. The normalized spacial score (nSPS) is 21.1. The molecule has 4 heteroatoms. The number of carbonyl (C=O) groups is 1. The summed E-state index contributed by atoms with van der Waals surface area (Å²) in [6.45, 7) is 5.50. The second kappa shape index (κ2) is 5.61. The molecule has 0 spiro atoms. The number of amides is 2. The molecule has 1 aliphatic rings. The van der Waals surface area contributed by atoms with Gasteiger partial charge in [0.15, 0.2) is 0 Å². The number of likely N-dealkylation sites (N-methyl/N-ethyl adjacent to an activating group) is 1. The van der Waals surface area contributed by atoms with E-state index in [1.807, 2.05) is 16.8 Å². The maximum Gasteiger partial charge on any atom is 0.320 e.